The van der Waals surface area contributed by atoms with Gasteiger partial charge in [-0.25, -0.2) is 9.97 Å². The number of benzene rings is 1. The monoisotopic (exact) mass is 314 g/mol. The molecule has 0 aliphatic rings. The first-order chi connectivity index (χ1) is 10.4. The van der Waals surface area contributed by atoms with E-state index < -0.39 is 0 Å². The van der Waals surface area contributed by atoms with Gasteiger partial charge in [-0.2, -0.15) is 0 Å². The Morgan fingerprint density at radius 1 is 1.18 bits per heavy atom. The van der Waals surface area contributed by atoms with Crippen molar-refractivity contribution in [2.45, 2.75) is 33.7 Å². The third kappa shape index (κ3) is 2.15. The van der Waals surface area contributed by atoms with Gasteiger partial charge < -0.3 is 10.3 Å². The average Bonchev–Trinajstić information content (AvgIpc) is 2.75. The van der Waals surface area contributed by atoms with Crippen molar-refractivity contribution in [2.24, 2.45) is 0 Å². The van der Waals surface area contributed by atoms with Crippen LogP contribution < -0.4 is 5.73 Å². The summed E-state index contributed by atoms with van der Waals surface area (Å²) < 4.78 is 2.18. The van der Waals surface area contributed by atoms with Gasteiger partial charge in [0.05, 0.1) is 5.39 Å². The average molecular weight is 315 g/mol. The highest BCUT2D eigenvalue weighted by molar-refractivity contribution is 6.34. The maximum atomic E-state index is 6.45. The molecular formula is C17H19ClN4. The highest BCUT2D eigenvalue weighted by Gasteiger charge is 2.22. The zero-order valence-electron chi connectivity index (χ0n) is 13.2. The van der Waals surface area contributed by atoms with Crippen molar-refractivity contribution in [3.8, 4) is 11.1 Å². The first kappa shape index (κ1) is 14.9. The highest BCUT2D eigenvalue weighted by atomic mass is 35.5. The van der Waals surface area contributed by atoms with Crippen LogP contribution in [0.2, 0.25) is 5.02 Å². The zero-order valence-corrected chi connectivity index (χ0v) is 13.9. The van der Waals surface area contributed by atoms with E-state index in [-0.39, 0.29) is 6.04 Å². The minimum Gasteiger partial charge on any atom is -0.383 e. The van der Waals surface area contributed by atoms with Gasteiger partial charge in [0.15, 0.2) is 0 Å². The van der Waals surface area contributed by atoms with Crippen LogP contribution in [0, 0.1) is 13.8 Å². The lowest BCUT2D eigenvalue weighted by atomic mass is 10.0. The van der Waals surface area contributed by atoms with Gasteiger partial charge in [-0.15, -0.1) is 0 Å². The van der Waals surface area contributed by atoms with Crippen molar-refractivity contribution in [1.82, 2.24) is 14.5 Å². The largest absolute Gasteiger partial charge is 0.383 e. The highest BCUT2D eigenvalue weighted by Crippen LogP contribution is 2.40. The van der Waals surface area contributed by atoms with Crippen LogP contribution in [-0.2, 0) is 0 Å². The summed E-state index contributed by atoms with van der Waals surface area (Å²) in [5, 5.41) is 1.58. The summed E-state index contributed by atoms with van der Waals surface area (Å²) in [5.41, 5.74) is 11.3. The van der Waals surface area contributed by atoms with Gasteiger partial charge in [0.1, 0.15) is 17.8 Å². The number of rotatable bonds is 2. The number of anilines is 1. The lowest BCUT2D eigenvalue weighted by Gasteiger charge is -2.12. The van der Waals surface area contributed by atoms with Crippen molar-refractivity contribution in [2.75, 3.05) is 5.73 Å². The van der Waals surface area contributed by atoms with Gasteiger partial charge in [-0.05, 0) is 39.8 Å². The molecule has 0 amide bonds. The summed E-state index contributed by atoms with van der Waals surface area (Å²) in [6.07, 6.45) is 1.51. The van der Waals surface area contributed by atoms with Crippen LogP contribution in [0.25, 0.3) is 22.2 Å². The molecule has 4 nitrogen and oxygen atoms in total. The minimum absolute atomic E-state index is 0.272. The van der Waals surface area contributed by atoms with Crippen molar-refractivity contribution in [1.29, 1.82) is 0 Å². The molecule has 0 radical (unpaired) electrons. The van der Waals surface area contributed by atoms with E-state index in [1.54, 1.807) is 0 Å². The van der Waals surface area contributed by atoms with E-state index >= 15 is 0 Å². The molecule has 0 saturated heterocycles. The standard InChI is InChI=1S/C17H19ClN4/c1-9(2)22-11(4)14(12-7-10(3)5-6-13(12)18)15-16(19)20-8-21-17(15)22/h5-9H,1-4H3,(H2,19,20,21). The molecule has 2 N–H and O–H groups in total. The van der Waals surface area contributed by atoms with E-state index in [0.29, 0.717) is 10.8 Å². The van der Waals surface area contributed by atoms with E-state index in [9.17, 15) is 0 Å². The van der Waals surface area contributed by atoms with Gasteiger partial charge in [-0.1, -0.05) is 23.2 Å². The predicted molar refractivity (Wildman–Crippen MR) is 92.2 cm³/mol. The summed E-state index contributed by atoms with van der Waals surface area (Å²) in [7, 11) is 0. The third-order valence-electron chi connectivity index (χ3n) is 3.97. The number of aromatic nitrogens is 3. The van der Waals surface area contributed by atoms with Crippen LogP contribution in [0.15, 0.2) is 24.5 Å². The second-order valence-electron chi connectivity index (χ2n) is 5.86. The van der Waals surface area contributed by atoms with Crippen LogP contribution in [0.5, 0.6) is 0 Å². The second kappa shape index (κ2) is 5.29. The number of fused-ring (bicyclic) bond motifs is 1. The molecule has 0 bridgehead atoms. The predicted octanol–water partition coefficient (Wildman–Crippen LogP) is 4.53. The number of halogens is 1. The lowest BCUT2D eigenvalue weighted by molar-refractivity contribution is 0.603. The number of nitrogens with zero attached hydrogens (tertiary/aromatic N) is 3. The summed E-state index contributed by atoms with van der Waals surface area (Å²) in [4.78, 5) is 8.62. The molecule has 0 atom stereocenters. The first-order valence-electron chi connectivity index (χ1n) is 7.29. The molecule has 0 saturated carbocycles. The van der Waals surface area contributed by atoms with Gasteiger partial charge in [-0.3, -0.25) is 0 Å². The van der Waals surface area contributed by atoms with Crippen molar-refractivity contribution in [3.05, 3.63) is 40.8 Å². The van der Waals surface area contributed by atoms with E-state index in [1.165, 1.54) is 6.33 Å². The molecule has 0 fully saturated rings. The SMILES string of the molecule is Cc1ccc(Cl)c(-c2c(C)n(C(C)C)c3ncnc(N)c23)c1. The summed E-state index contributed by atoms with van der Waals surface area (Å²) in [6, 6.07) is 6.28. The topological polar surface area (TPSA) is 56.7 Å². The molecule has 0 aliphatic carbocycles. The molecule has 3 aromatic rings. The molecule has 114 valence electrons. The number of nitrogen functional groups attached to an aromatic ring is 1. The van der Waals surface area contributed by atoms with Crippen LogP contribution >= 0.6 is 11.6 Å². The number of aryl methyl sites for hydroxylation is 1. The molecule has 22 heavy (non-hydrogen) atoms. The second-order valence-corrected chi connectivity index (χ2v) is 6.27. The van der Waals surface area contributed by atoms with Crippen LogP contribution in [0.1, 0.15) is 31.1 Å². The molecule has 1 aromatic carbocycles. The molecular weight excluding hydrogens is 296 g/mol. The van der Waals surface area contributed by atoms with Crippen molar-refractivity contribution >= 4 is 28.5 Å². The molecule has 0 unspecified atom stereocenters. The number of hydrogen-bond donors (Lipinski definition) is 1. The molecule has 5 heteroatoms. The van der Waals surface area contributed by atoms with E-state index in [2.05, 4.69) is 48.3 Å². The Labute approximate surface area is 134 Å². The zero-order chi connectivity index (χ0) is 16.0. The Balaban J connectivity index is 2.49. The van der Waals surface area contributed by atoms with E-state index in [4.69, 9.17) is 17.3 Å². The molecule has 2 heterocycles. The lowest BCUT2D eigenvalue weighted by Crippen LogP contribution is -2.04. The molecule has 2 aromatic heterocycles. The summed E-state index contributed by atoms with van der Waals surface area (Å²) >= 11 is 6.45. The normalized spacial score (nSPS) is 11.5. The van der Waals surface area contributed by atoms with Crippen LogP contribution in [0.3, 0.4) is 0 Å². The van der Waals surface area contributed by atoms with Crippen LogP contribution in [-0.4, -0.2) is 14.5 Å². The van der Waals surface area contributed by atoms with Gasteiger partial charge in [0.25, 0.3) is 0 Å². The minimum atomic E-state index is 0.272. The fourth-order valence-electron chi connectivity index (χ4n) is 3.06. The maximum Gasteiger partial charge on any atom is 0.146 e. The summed E-state index contributed by atoms with van der Waals surface area (Å²) in [5.74, 6) is 0.486. The Morgan fingerprint density at radius 3 is 2.59 bits per heavy atom. The Kier molecular flexibility index (Phi) is 3.57. The molecule has 3 rings (SSSR count). The van der Waals surface area contributed by atoms with Gasteiger partial charge in [0.2, 0.25) is 0 Å². The molecule has 0 aliphatic heterocycles. The van der Waals surface area contributed by atoms with E-state index in [0.717, 1.165) is 33.4 Å². The smallest absolute Gasteiger partial charge is 0.146 e. The Morgan fingerprint density at radius 2 is 1.91 bits per heavy atom. The van der Waals surface area contributed by atoms with Crippen LogP contribution in [0.4, 0.5) is 5.82 Å². The Bertz CT molecular complexity index is 865. The fraction of sp³-hybridized carbons (Fsp3) is 0.294. The number of nitrogens with two attached hydrogens (primary N) is 1. The first-order valence-corrected chi connectivity index (χ1v) is 7.67. The Hall–Kier alpha value is -2.07. The van der Waals surface area contributed by atoms with Gasteiger partial charge >= 0.3 is 0 Å². The maximum absolute atomic E-state index is 6.45. The fourth-order valence-corrected chi connectivity index (χ4v) is 3.28. The summed E-state index contributed by atoms with van der Waals surface area (Å²) in [6.45, 7) is 8.39. The quantitative estimate of drug-likeness (QED) is 0.756. The van der Waals surface area contributed by atoms with Crippen molar-refractivity contribution < 1.29 is 0 Å². The molecule has 0 spiro atoms. The third-order valence-corrected chi connectivity index (χ3v) is 4.30. The van der Waals surface area contributed by atoms with E-state index in [1.807, 2.05) is 12.1 Å². The van der Waals surface area contributed by atoms with Gasteiger partial charge in [0, 0.05) is 27.9 Å². The van der Waals surface area contributed by atoms with Crippen molar-refractivity contribution in [3.63, 3.8) is 0 Å². The number of hydrogen-bond acceptors (Lipinski definition) is 3.